The van der Waals surface area contributed by atoms with Crippen LogP contribution in [0.5, 0.6) is 0 Å². The third-order valence-corrected chi connectivity index (χ3v) is 3.73. The summed E-state index contributed by atoms with van der Waals surface area (Å²) < 4.78 is 0. The number of fused-ring (bicyclic) bond motifs is 1. The predicted molar refractivity (Wildman–Crippen MR) is 73.3 cm³/mol. The molecule has 0 radical (unpaired) electrons. The molecule has 98 valence electrons. The molecule has 1 atom stereocenters. The molecule has 1 aliphatic rings. The first-order chi connectivity index (χ1) is 8.70. The van der Waals surface area contributed by atoms with Crippen LogP contribution in [-0.2, 0) is 17.8 Å². The highest BCUT2D eigenvalue weighted by molar-refractivity contribution is 5.72. The van der Waals surface area contributed by atoms with Crippen molar-refractivity contribution in [2.75, 3.05) is 13.1 Å². The van der Waals surface area contributed by atoms with Crippen LogP contribution in [0.3, 0.4) is 0 Å². The monoisotopic (exact) mass is 246 g/mol. The van der Waals surface area contributed by atoms with Crippen LogP contribution in [0.15, 0.2) is 24.3 Å². The lowest BCUT2D eigenvalue weighted by Crippen LogP contribution is -2.45. The van der Waals surface area contributed by atoms with Crippen molar-refractivity contribution in [1.29, 1.82) is 0 Å². The molecule has 1 aromatic carbocycles. The Labute approximate surface area is 109 Å². The van der Waals surface area contributed by atoms with Gasteiger partial charge in [0.25, 0.3) is 0 Å². The van der Waals surface area contributed by atoms with E-state index in [-0.39, 0.29) is 5.91 Å². The highest BCUT2D eigenvalue weighted by Crippen LogP contribution is 2.20. The summed E-state index contributed by atoms with van der Waals surface area (Å²) in [4.78, 5) is 13.5. The maximum Gasteiger partial charge on any atom is 0.216 e. The van der Waals surface area contributed by atoms with Gasteiger partial charge in [-0.05, 0) is 24.0 Å². The number of benzene rings is 1. The third kappa shape index (κ3) is 3.10. The minimum absolute atomic E-state index is 0.0610. The summed E-state index contributed by atoms with van der Waals surface area (Å²) in [5.74, 6) is 0.0610. The number of amides is 1. The smallest absolute Gasteiger partial charge is 0.216 e. The summed E-state index contributed by atoms with van der Waals surface area (Å²) in [5, 5.41) is 2.94. The summed E-state index contributed by atoms with van der Waals surface area (Å²) in [6.07, 6.45) is 2.19. The molecular weight excluding hydrogens is 224 g/mol. The van der Waals surface area contributed by atoms with E-state index in [1.165, 1.54) is 11.1 Å². The average Bonchev–Trinajstić information content (AvgIpc) is 2.39. The molecule has 0 bridgehead atoms. The van der Waals surface area contributed by atoms with E-state index in [4.69, 9.17) is 0 Å². The Morgan fingerprint density at radius 1 is 1.39 bits per heavy atom. The largest absolute Gasteiger partial charge is 0.355 e. The third-order valence-electron chi connectivity index (χ3n) is 3.73. The number of nitrogens with zero attached hydrogens (tertiary/aromatic N) is 1. The summed E-state index contributed by atoms with van der Waals surface area (Å²) in [5.41, 5.74) is 2.91. The predicted octanol–water partition coefficient (Wildman–Crippen LogP) is 1.96. The fourth-order valence-electron chi connectivity index (χ4n) is 2.62. The van der Waals surface area contributed by atoms with Crippen molar-refractivity contribution in [2.24, 2.45) is 0 Å². The van der Waals surface area contributed by atoms with Crippen LogP contribution < -0.4 is 5.32 Å². The lowest BCUT2D eigenvalue weighted by molar-refractivity contribution is -0.119. The van der Waals surface area contributed by atoms with Gasteiger partial charge in [0.1, 0.15) is 0 Å². The van der Waals surface area contributed by atoms with Gasteiger partial charge in [-0.25, -0.2) is 0 Å². The highest BCUT2D eigenvalue weighted by atomic mass is 16.1. The molecule has 3 nitrogen and oxygen atoms in total. The Bertz CT molecular complexity index is 417. The van der Waals surface area contributed by atoms with Crippen molar-refractivity contribution in [2.45, 2.75) is 39.3 Å². The molecule has 0 saturated carbocycles. The molecule has 0 aromatic heterocycles. The van der Waals surface area contributed by atoms with Crippen molar-refractivity contribution < 1.29 is 4.79 Å². The van der Waals surface area contributed by atoms with E-state index in [0.717, 1.165) is 32.5 Å². The molecule has 1 aromatic rings. The Morgan fingerprint density at radius 3 is 2.78 bits per heavy atom. The minimum atomic E-state index is 0.0610. The molecule has 0 aliphatic carbocycles. The van der Waals surface area contributed by atoms with Gasteiger partial charge in [0.15, 0.2) is 0 Å². The maximum absolute atomic E-state index is 11.0. The zero-order valence-electron chi connectivity index (χ0n) is 11.3. The SMILES string of the molecule is CC[C@@H](CNC(C)=O)N1CCc2ccccc2C1. The first-order valence-electron chi connectivity index (χ1n) is 6.76. The van der Waals surface area contributed by atoms with Crippen LogP contribution in [0, 0.1) is 0 Å². The number of hydrogen-bond acceptors (Lipinski definition) is 2. The van der Waals surface area contributed by atoms with Gasteiger partial charge in [0.05, 0.1) is 0 Å². The zero-order valence-corrected chi connectivity index (χ0v) is 11.3. The molecule has 1 heterocycles. The number of carbonyl (C=O) groups is 1. The van der Waals surface area contributed by atoms with Gasteiger partial charge in [-0.3, -0.25) is 9.69 Å². The Balaban J connectivity index is 2.00. The molecule has 0 unspecified atom stereocenters. The molecule has 3 heteroatoms. The van der Waals surface area contributed by atoms with Crippen molar-refractivity contribution in [3.8, 4) is 0 Å². The quantitative estimate of drug-likeness (QED) is 0.881. The van der Waals surface area contributed by atoms with Gasteiger partial charge < -0.3 is 5.32 Å². The highest BCUT2D eigenvalue weighted by Gasteiger charge is 2.22. The van der Waals surface area contributed by atoms with Crippen LogP contribution >= 0.6 is 0 Å². The van der Waals surface area contributed by atoms with E-state index in [0.29, 0.717) is 6.04 Å². The molecule has 2 rings (SSSR count). The van der Waals surface area contributed by atoms with Crippen LogP contribution in [0.25, 0.3) is 0 Å². The zero-order chi connectivity index (χ0) is 13.0. The van der Waals surface area contributed by atoms with Gasteiger partial charge in [-0.2, -0.15) is 0 Å². The van der Waals surface area contributed by atoms with Crippen LogP contribution in [0.4, 0.5) is 0 Å². The second-order valence-electron chi connectivity index (χ2n) is 4.99. The van der Waals surface area contributed by atoms with Crippen molar-refractivity contribution in [3.05, 3.63) is 35.4 Å². The Hall–Kier alpha value is -1.35. The van der Waals surface area contributed by atoms with E-state index in [1.54, 1.807) is 6.92 Å². The van der Waals surface area contributed by atoms with Gasteiger partial charge in [0.2, 0.25) is 5.91 Å². The summed E-state index contributed by atoms with van der Waals surface area (Å²) in [6.45, 7) is 6.63. The maximum atomic E-state index is 11.0. The van der Waals surface area contributed by atoms with Gasteiger partial charge in [0, 0.05) is 32.6 Å². The van der Waals surface area contributed by atoms with Gasteiger partial charge in [-0.15, -0.1) is 0 Å². The molecule has 1 amide bonds. The average molecular weight is 246 g/mol. The van der Waals surface area contributed by atoms with Gasteiger partial charge >= 0.3 is 0 Å². The van der Waals surface area contributed by atoms with Crippen molar-refractivity contribution in [3.63, 3.8) is 0 Å². The van der Waals surface area contributed by atoms with Crippen molar-refractivity contribution >= 4 is 5.91 Å². The first-order valence-corrected chi connectivity index (χ1v) is 6.76. The fraction of sp³-hybridized carbons (Fsp3) is 0.533. The minimum Gasteiger partial charge on any atom is -0.355 e. The van der Waals surface area contributed by atoms with E-state index in [1.807, 2.05) is 0 Å². The Morgan fingerprint density at radius 2 is 2.11 bits per heavy atom. The normalized spacial score (nSPS) is 17.0. The topological polar surface area (TPSA) is 32.3 Å². The molecule has 18 heavy (non-hydrogen) atoms. The molecule has 0 fully saturated rings. The summed E-state index contributed by atoms with van der Waals surface area (Å²) in [6, 6.07) is 9.11. The Kier molecular flexibility index (Phi) is 4.37. The summed E-state index contributed by atoms with van der Waals surface area (Å²) >= 11 is 0. The fourth-order valence-corrected chi connectivity index (χ4v) is 2.62. The van der Waals surface area contributed by atoms with E-state index in [2.05, 4.69) is 41.4 Å². The van der Waals surface area contributed by atoms with E-state index < -0.39 is 0 Å². The number of rotatable bonds is 4. The number of carbonyl (C=O) groups excluding carboxylic acids is 1. The standard InChI is InChI=1S/C15H22N2O/c1-3-15(10-16-12(2)18)17-9-8-13-6-4-5-7-14(13)11-17/h4-7,15H,3,8-11H2,1-2H3,(H,16,18)/t15-/m0/s1. The first kappa shape index (κ1) is 13.1. The van der Waals surface area contributed by atoms with E-state index in [9.17, 15) is 4.79 Å². The summed E-state index contributed by atoms with van der Waals surface area (Å²) in [7, 11) is 0. The lowest BCUT2D eigenvalue weighted by atomic mass is 9.98. The second-order valence-corrected chi connectivity index (χ2v) is 4.99. The molecule has 0 saturated heterocycles. The van der Waals surface area contributed by atoms with Crippen LogP contribution in [0.1, 0.15) is 31.4 Å². The van der Waals surface area contributed by atoms with Crippen LogP contribution in [0.2, 0.25) is 0 Å². The second kappa shape index (κ2) is 6.01. The van der Waals surface area contributed by atoms with Crippen LogP contribution in [-0.4, -0.2) is 29.9 Å². The molecule has 1 N–H and O–H groups in total. The lowest BCUT2D eigenvalue weighted by Gasteiger charge is -2.35. The van der Waals surface area contributed by atoms with Crippen molar-refractivity contribution in [1.82, 2.24) is 10.2 Å². The molecule has 0 spiro atoms. The van der Waals surface area contributed by atoms with Gasteiger partial charge in [-0.1, -0.05) is 31.2 Å². The molecular formula is C15H22N2O. The number of hydrogen-bond donors (Lipinski definition) is 1. The van der Waals surface area contributed by atoms with E-state index >= 15 is 0 Å². The number of nitrogens with one attached hydrogen (secondary N) is 1. The molecule has 1 aliphatic heterocycles.